The number of hydrogen-bond acceptors (Lipinski definition) is 4. The number of nitrogens with zero attached hydrogens (tertiary/aromatic N) is 2. The molecule has 0 aliphatic rings. The third-order valence-electron chi connectivity index (χ3n) is 4.23. The van der Waals surface area contributed by atoms with Crippen LogP contribution in [0.3, 0.4) is 0 Å². The summed E-state index contributed by atoms with van der Waals surface area (Å²) in [5.74, 6) is 1.25. The quantitative estimate of drug-likeness (QED) is 0.162. The molecule has 2 rings (SSSR count). The summed E-state index contributed by atoms with van der Waals surface area (Å²) in [6.07, 6.45) is 3.81. The van der Waals surface area contributed by atoms with Crippen LogP contribution < -0.4 is 20.7 Å². The first kappa shape index (κ1) is 27.7. The van der Waals surface area contributed by atoms with Gasteiger partial charge in [0.2, 0.25) is 5.91 Å². The Morgan fingerprint density at radius 2 is 1.91 bits per heavy atom. The molecule has 1 aromatic carbocycles. The number of hydrogen-bond donors (Lipinski definition) is 4. The monoisotopic (exact) mass is 556 g/mol. The summed E-state index contributed by atoms with van der Waals surface area (Å²) in [6.45, 7) is 12.6. The summed E-state index contributed by atoms with van der Waals surface area (Å²) in [5, 5.41) is 16.5. The number of aliphatic imine (C=N–C) groups is 1. The molecule has 1 heterocycles. The number of halogens is 1. The maximum atomic E-state index is 12.2. The zero-order valence-electron chi connectivity index (χ0n) is 19.9. The molecule has 0 aliphatic carbocycles. The lowest BCUT2D eigenvalue weighted by Crippen LogP contribution is -2.42. The van der Waals surface area contributed by atoms with Crippen molar-refractivity contribution in [3.63, 3.8) is 0 Å². The van der Waals surface area contributed by atoms with E-state index in [9.17, 15) is 4.79 Å². The molecule has 0 saturated carbocycles. The first-order valence-corrected chi connectivity index (χ1v) is 10.7. The maximum absolute atomic E-state index is 12.2. The van der Waals surface area contributed by atoms with E-state index in [1.165, 1.54) is 5.56 Å². The number of aromatic nitrogens is 2. The van der Waals surface area contributed by atoms with Crippen LogP contribution in [-0.2, 0) is 11.2 Å². The van der Waals surface area contributed by atoms with Crippen molar-refractivity contribution in [2.24, 2.45) is 4.99 Å². The number of amides is 1. The zero-order chi connectivity index (χ0) is 22.9. The number of guanidine groups is 1. The molecular weight excluding hydrogens is 519 g/mol. The highest BCUT2D eigenvalue weighted by molar-refractivity contribution is 14.0. The van der Waals surface area contributed by atoms with Crippen LogP contribution in [0.4, 0.5) is 5.69 Å². The van der Waals surface area contributed by atoms with E-state index in [1.54, 1.807) is 0 Å². The van der Waals surface area contributed by atoms with Gasteiger partial charge in [-0.1, -0.05) is 0 Å². The predicted octanol–water partition coefficient (Wildman–Crippen LogP) is 4.03. The van der Waals surface area contributed by atoms with Gasteiger partial charge in [0.15, 0.2) is 5.96 Å². The number of carbonyl (C=O) groups excluding carboxylic acids is 1. The topological polar surface area (TPSA) is 103 Å². The normalized spacial score (nSPS) is 11.7. The molecule has 1 aromatic heterocycles. The van der Waals surface area contributed by atoms with E-state index in [1.807, 2.05) is 72.0 Å². The average Bonchev–Trinajstić information content (AvgIpc) is 3.07. The van der Waals surface area contributed by atoms with Gasteiger partial charge in [0, 0.05) is 23.5 Å². The molecule has 2 aromatic rings. The highest BCUT2D eigenvalue weighted by atomic mass is 127. The van der Waals surface area contributed by atoms with Crippen LogP contribution in [0.1, 0.15) is 52.3 Å². The van der Waals surface area contributed by atoms with Crippen molar-refractivity contribution in [1.29, 1.82) is 0 Å². The lowest BCUT2D eigenvalue weighted by Gasteiger charge is -2.20. The average molecular weight is 556 g/mol. The summed E-state index contributed by atoms with van der Waals surface area (Å²) >= 11 is 0. The molecule has 1 amide bonds. The Morgan fingerprint density at radius 1 is 1.22 bits per heavy atom. The lowest BCUT2D eigenvalue weighted by atomic mass is 10.1. The lowest BCUT2D eigenvalue weighted by molar-refractivity contribution is -0.121. The fourth-order valence-electron chi connectivity index (χ4n) is 2.89. The van der Waals surface area contributed by atoms with E-state index >= 15 is 0 Å². The molecule has 9 heteroatoms. The molecule has 8 nitrogen and oxygen atoms in total. The van der Waals surface area contributed by atoms with E-state index < -0.39 is 0 Å². The summed E-state index contributed by atoms with van der Waals surface area (Å²) < 4.78 is 5.69. The molecule has 0 saturated heterocycles. The number of nitrogens with one attached hydrogen (secondary N) is 4. The van der Waals surface area contributed by atoms with E-state index in [-0.39, 0.29) is 48.1 Å². The van der Waals surface area contributed by atoms with Gasteiger partial charge in [0.1, 0.15) is 12.3 Å². The number of aryl methyl sites for hydroxylation is 2. The summed E-state index contributed by atoms with van der Waals surface area (Å²) in [4.78, 5) is 16.6. The third kappa shape index (κ3) is 10.8. The van der Waals surface area contributed by atoms with Crippen LogP contribution >= 0.6 is 24.0 Å². The van der Waals surface area contributed by atoms with Crippen molar-refractivity contribution < 1.29 is 9.53 Å². The minimum absolute atomic E-state index is 0. The number of aromatic amines is 1. The second-order valence-corrected chi connectivity index (χ2v) is 8.83. The van der Waals surface area contributed by atoms with E-state index in [0.29, 0.717) is 12.5 Å². The molecule has 0 spiro atoms. The SMILES string of the molecule is Cc1[nH]ncc1CCCNC(=NCC(=O)NC(C)(C)C)Nc1ccc(OC(C)C)cc1.I. The van der Waals surface area contributed by atoms with Gasteiger partial charge in [-0.05, 0) is 84.2 Å². The van der Waals surface area contributed by atoms with Gasteiger partial charge in [0.25, 0.3) is 0 Å². The largest absolute Gasteiger partial charge is 0.491 e. The van der Waals surface area contributed by atoms with Gasteiger partial charge < -0.3 is 20.7 Å². The van der Waals surface area contributed by atoms with Crippen molar-refractivity contribution in [3.8, 4) is 5.75 Å². The number of carbonyl (C=O) groups is 1. The first-order chi connectivity index (χ1) is 14.6. The van der Waals surface area contributed by atoms with Gasteiger partial charge in [-0.2, -0.15) is 5.10 Å². The predicted molar refractivity (Wildman–Crippen MR) is 141 cm³/mol. The molecule has 4 N–H and O–H groups in total. The third-order valence-corrected chi connectivity index (χ3v) is 4.23. The highest BCUT2D eigenvalue weighted by Gasteiger charge is 2.13. The fourth-order valence-corrected chi connectivity index (χ4v) is 2.89. The number of benzene rings is 1. The standard InChI is InChI=1S/C23H36N6O2.HI/c1-16(2)31-20-11-9-19(10-12-20)27-22(25-15-21(30)28-23(4,5)6)24-13-7-8-18-14-26-29-17(18)3;/h9-12,14,16H,7-8,13,15H2,1-6H3,(H,26,29)(H,28,30)(H2,24,25,27);1H. The van der Waals surface area contributed by atoms with Gasteiger partial charge >= 0.3 is 0 Å². The Bertz CT molecular complexity index is 856. The van der Waals surface area contributed by atoms with Crippen molar-refractivity contribution in [2.75, 3.05) is 18.4 Å². The Kier molecular flexibility index (Phi) is 11.5. The van der Waals surface area contributed by atoms with Gasteiger partial charge in [-0.3, -0.25) is 9.89 Å². The molecule has 0 bridgehead atoms. The summed E-state index contributed by atoms with van der Waals surface area (Å²) in [7, 11) is 0. The molecular formula is C23H37IN6O2. The van der Waals surface area contributed by atoms with Crippen LogP contribution in [0.15, 0.2) is 35.5 Å². The Hall–Kier alpha value is -2.30. The molecule has 32 heavy (non-hydrogen) atoms. The van der Waals surface area contributed by atoms with Crippen molar-refractivity contribution in [2.45, 2.75) is 66.0 Å². The maximum Gasteiger partial charge on any atom is 0.242 e. The highest BCUT2D eigenvalue weighted by Crippen LogP contribution is 2.17. The number of rotatable bonds is 9. The molecule has 0 unspecified atom stereocenters. The Balaban J connectivity index is 0.00000512. The second-order valence-electron chi connectivity index (χ2n) is 8.83. The van der Waals surface area contributed by atoms with Crippen molar-refractivity contribution in [3.05, 3.63) is 41.7 Å². The van der Waals surface area contributed by atoms with E-state index in [2.05, 4.69) is 31.1 Å². The Morgan fingerprint density at radius 3 is 2.47 bits per heavy atom. The smallest absolute Gasteiger partial charge is 0.242 e. The minimum atomic E-state index is -0.289. The van der Waals surface area contributed by atoms with Gasteiger partial charge in [-0.25, -0.2) is 4.99 Å². The van der Waals surface area contributed by atoms with Crippen molar-refractivity contribution >= 4 is 41.5 Å². The second kappa shape index (κ2) is 13.3. The summed E-state index contributed by atoms with van der Waals surface area (Å²) in [6, 6.07) is 7.68. The van der Waals surface area contributed by atoms with Gasteiger partial charge in [-0.15, -0.1) is 24.0 Å². The van der Waals surface area contributed by atoms with Gasteiger partial charge in [0.05, 0.1) is 12.3 Å². The van der Waals surface area contributed by atoms with Crippen LogP contribution in [0.25, 0.3) is 0 Å². The summed E-state index contributed by atoms with van der Waals surface area (Å²) in [5.41, 5.74) is 2.87. The van der Waals surface area contributed by atoms with Crippen LogP contribution in [0.2, 0.25) is 0 Å². The minimum Gasteiger partial charge on any atom is -0.491 e. The van der Waals surface area contributed by atoms with Crippen LogP contribution in [0, 0.1) is 6.92 Å². The molecule has 0 aliphatic heterocycles. The number of ether oxygens (including phenoxy) is 1. The molecule has 178 valence electrons. The van der Waals surface area contributed by atoms with Crippen molar-refractivity contribution in [1.82, 2.24) is 20.8 Å². The molecule has 0 radical (unpaired) electrons. The van der Waals surface area contributed by atoms with E-state index in [0.717, 1.165) is 30.0 Å². The fraction of sp³-hybridized carbons (Fsp3) is 0.522. The molecule has 0 fully saturated rings. The van der Waals surface area contributed by atoms with Crippen LogP contribution in [-0.4, -0.2) is 46.8 Å². The molecule has 0 atom stereocenters. The number of anilines is 1. The Labute approximate surface area is 208 Å². The van der Waals surface area contributed by atoms with E-state index in [4.69, 9.17) is 4.74 Å². The zero-order valence-corrected chi connectivity index (χ0v) is 22.2. The number of H-pyrrole nitrogens is 1. The first-order valence-electron chi connectivity index (χ1n) is 10.7. The van der Waals surface area contributed by atoms with Crippen LogP contribution in [0.5, 0.6) is 5.75 Å².